The molecule has 0 atom stereocenters. The van der Waals surface area contributed by atoms with Gasteiger partial charge in [-0.1, -0.05) is 6.92 Å². The van der Waals surface area contributed by atoms with Gasteiger partial charge in [0.2, 0.25) is 10.0 Å². The lowest BCUT2D eigenvalue weighted by Crippen LogP contribution is -2.31. The summed E-state index contributed by atoms with van der Waals surface area (Å²) >= 11 is 1.64. The van der Waals surface area contributed by atoms with Crippen molar-refractivity contribution in [1.82, 2.24) is 10.0 Å². The van der Waals surface area contributed by atoms with Crippen LogP contribution in [0.2, 0.25) is 0 Å². The zero-order valence-corrected chi connectivity index (χ0v) is 12.9. The molecule has 2 N–H and O–H groups in total. The fraction of sp³-hybridized carbons (Fsp3) is 0.667. The van der Waals surface area contributed by atoms with Gasteiger partial charge in [-0.05, 0) is 38.4 Å². The minimum atomic E-state index is -3.17. The Morgan fingerprint density at radius 1 is 1.28 bits per heavy atom. The first kappa shape index (κ1) is 15.6. The van der Waals surface area contributed by atoms with Crippen molar-refractivity contribution >= 4 is 21.4 Å². The van der Waals surface area contributed by atoms with Gasteiger partial charge in [0.05, 0.1) is 5.75 Å². The Morgan fingerprint density at radius 2 is 2.00 bits per heavy atom. The van der Waals surface area contributed by atoms with Crippen LogP contribution in [0.15, 0.2) is 6.07 Å². The van der Waals surface area contributed by atoms with Crippen molar-refractivity contribution in [2.45, 2.75) is 33.7 Å². The van der Waals surface area contributed by atoms with Gasteiger partial charge in [-0.2, -0.15) is 0 Å². The molecule has 0 saturated heterocycles. The van der Waals surface area contributed by atoms with E-state index >= 15 is 0 Å². The third kappa shape index (κ3) is 5.48. The monoisotopic (exact) mass is 290 g/mol. The van der Waals surface area contributed by atoms with E-state index < -0.39 is 10.0 Å². The lowest BCUT2D eigenvalue weighted by Gasteiger charge is -2.06. The topological polar surface area (TPSA) is 58.2 Å². The van der Waals surface area contributed by atoms with Gasteiger partial charge in [0.1, 0.15) is 0 Å². The van der Waals surface area contributed by atoms with E-state index in [-0.39, 0.29) is 5.75 Å². The molecule has 0 amide bonds. The van der Waals surface area contributed by atoms with Crippen molar-refractivity contribution < 1.29 is 8.42 Å². The molecule has 6 heteroatoms. The maximum atomic E-state index is 11.7. The summed E-state index contributed by atoms with van der Waals surface area (Å²) in [5.74, 6) is 0.135. The Kier molecular flexibility index (Phi) is 6.28. The second-order valence-corrected chi connectivity index (χ2v) is 7.61. The van der Waals surface area contributed by atoms with Crippen LogP contribution >= 0.6 is 11.3 Å². The van der Waals surface area contributed by atoms with Crippen molar-refractivity contribution in [3.63, 3.8) is 0 Å². The minimum absolute atomic E-state index is 0.135. The molecule has 0 radical (unpaired) electrons. The average Bonchev–Trinajstić information content (AvgIpc) is 2.62. The third-order valence-corrected chi connectivity index (χ3v) is 5.14. The van der Waals surface area contributed by atoms with Crippen molar-refractivity contribution in [3.05, 3.63) is 21.4 Å². The molecule has 0 aliphatic heterocycles. The minimum Gasteiger partial charge on any atom is -0.316 e. The van der Waals surface area contributed by atoms with Crippen LogP contribution in [-0.4, -0.2) is 27.3 Å². The van der Waals surface area contributed by atoms with Gasteiger partial charge in [-0.15, -0.1) is 11.3 Å². The Labute approximate surface area is 114 Å². The van der Waals surface area contributed by atoms with Crippen LogP contribution in [0.25, 0.3) is 0 Å². The molecule has 0 bridgehead atoms. The van der Waals surface area contributed by atoms with Gasteiger partial charge < -0.3 is 5.32 Å². The highest BCUT2D eigenvalue weighted by atomic mass is 32.2. The second-order valence-electron chi connectivity index (χ2n) is 4.34. The van der Waals surface area contributed by atoms with E-state index in [9.17, 15) is 8.42 Å². The maximum absolute atomic E-state index is 11.7. The molecular weight excluding hydrogens is 268 g/mol. The first-order chi connectivity index (χ1) is 8.44. The number of sulfonamides is 1. The molecule has 18 heavy (non-hydrogen) atoms. The predicted octanol–water partition coefficient (Wildman–Crippen LogP) is 1.78. The van der Waals surface area contributed by atoms with Gasteiger partial charge in [0.15, 0.2) is 0 Å². The van der Waals surface area contributed by atoms with Crippen molar-refractivity contribution in [3.8, 4) is 0 Å². The Morgan fingerprint density at radius 3 is 2.56 bits per heavy atom. The van der Waals surface area contributed by atoms with Crippen LogP contribution in [0.1, 0.15) is 28.7 Å². The predicted molar refractivity (Wildman–Crippen MR) is 77.6 cm³/mol. The van der Waals surface area contributed by atoms with Crippen LogP contribution < -0.4 is 10.0 Å². The molecule has 1 rings (SSSR count). The normalized spacial score (nSPS) is 11.9. The van der Waals surface area contributed by atoms with E-state index in [2.05, 4.69) is 17.0 Å². The molecular formula is C12H22N2O2S2. The van der Waals surface area contributed by atoms with Crippen molar-refractivity contribution in [2.24, 2.45) is 0 Å². The highest BCUT2D eigenvalue weighted by Gasteiger charge is 2.10. The second kappa shape index (κ2) is 7.23. The van der Waals surface area contributed by atoms with Crippen LogP contribution in [0.5, 0.6) is 0 Å². The Hall–Kier alpha value is -0.430. The zero-order chi connectivity index (χ0) is 13.6. The maximum Gasteiger partial charge on any atom is 0.213 e. The summed E-state index contributed by atoms with van der Waals surface area (Å²) in [7, 11) is -3.17. The smallest absolute Gasteiger partial charge is 0.213 e. The van der Waals surface area contributed by atoms with Gasteiger partial charge in [0.25, 0.3) is 0 Å². The standard InChI is InChI=1S/C12H22N2O2S2/c1-4-5-13-6-7-18(15,16)14-9-12-8-10(2)11(3)17-12/h8,13-14H,4-7,9H2,1-3H3. The lowest BCUT2D eigenvalue weighted by atomic mass is 10.3. The molecule has 0 unspecified atom stereocenters. The van der Waals surface area contributed by atoms with E-state index in [1.165, 1.54) is 10.4 Å². The highest BCUT2D eigenvalue weighted by Crippen LogP contribution is 2.20. The quantitative estimate of drug-likeness (QED) is 0.718. The third-order valence-electron chi connectivity index (χ3n) is 2.66. The summed E-state index contributed by atoms with van der Waals surface area (Å²) in [4.78, 5) is 2.31. The summed E-state index contributed by atoms with van der Waals surface area (Å²) in [5.41, 5.74) is 1.22. The van der Waals surface area contributed by atoms with Crippen molar-refractivity contribution in [2.75, 3.05) is 18.8 Å². The molecule has 1 aromatic rings. The zero-order valence-electron chi connectivity index (χ0n) is 11.2. The fourth-order valence-corrected chi connectivity index (χ4v) is 3.52. The average molecular weight is 290 g/mol. The SMILES string of the molecule is CCCNCCS(=O)(=O)NCc1cc(C)c(C)s1. The van der Waals surface area contributed by atoms with Gasteiger partial charge in [-0.3, -0.25) is 0 Å². The summed E-state index contributed by atoms with van der Waals surface area (Å²) in [6.07, 6.45) is 1.02. The number of hydrogen-bond acceptors (Lipinski definition) is 4. The van der Waals surface area contributed by atoms with E-state index in [1.807, 2.05) is 19.9 Å². The lowest BCUT2D eigenvalue weighted by molar-refractivity contribution is 0.576. The van der Waals surface area contributed by atoms with Gasteiger partial charge in [-0.25, -0.2) is 13.1 Å². The molecule has 0 spiro atoms. The number of nitrogens with one attached hydrogen (secondary N) is 2. The fourth-order valence-electron chi connectivity index (χ4n) is 1.50. The molecule has 0 aromatic carbocycles. The van der Waals surface area contributed by atoms with Crippen molar-refractivity contribution in [1.29, 1.82) is 0 Å². The molecule has 0 aliphatic rings. The highest BCUT2D eigenvalue weighted by molar-refractivity contribution is 7.89. The summed E-state index contributed by atoms with van der Waals surface area (Å²) in [5, 5.41) is 3.09. The van der Waals surface area contributed by atoms with Gasteiger partial charge >= 0.3 is 0 Å². The number of hydrogen-bond donors (Lipinski definition) is 2. The first-order valence-electron chi connectivity index (χ1n) is 6.18. The van der Waals surface area contributed by atoms with Crippen LogP contribution in [0, 0.1) is 13.8 Å². The first-order valence-corrected chi connectivity index (χ1v) is 8.65. The van der Waals surface area contributed by atoms with E-state index in [1.54, 1.807) is 11.3 Å². The van der Waals surface area contributed by atoms with E-state index in [0.717, 1.165) is 17.8 Å². The molecule has 0 fully saturated rings. The molecule has 0 aliphatic carbocycles. The molecule has 1 aromatic heterocycles. The summed E-state index contributed by atoms with van der Waals surface area (Å²) in [6, 6.07) is 2.04. The number of thiophene rings is 1. The van der Waals surface area contributed by atoms with Gasteiger partial charge in [0, 0.05) is 22.8 Å². The molecule has 104 valence electrons. The van der Waals surface area contributed by atoms with E-state index in [0.29, 0.717) is 13.1 Å². The number of rotatable bonds is 8. The summed E-state index contributed by atoms with van der Waals surface area (Å²) < 4.78 is 26.1. The van der Waals surface area contributed by atoms with E-state index in [4.69, 9.17) is 0 Å². The summed E-state index contributed by atoms with van der Waals surface area (Å²) in [6.45, 7) is 7.91. The number of aryl methyl sites for hydroxylation is 2. The van der Waals surface area contributed by atoms with Crippen LogP contribution in [-0.2, 0) is 16.6 Å². The molecule has 4 nitrogen and oxygen atoms in total. The van der Waals surface area contributed by atoms with Crippen LogP contribution in [0.4, 0.5) is 0 Å². The molecule has 1 heterocycles. The Bertz CT molecular complexity index is 447. The molecule has 0 saturated carbocycles. The largest absolute Gasteiger partial charge is 0.316 e. The Balaban J connectivity index is 2.37. The van der Waals surface area contributed by atoms with Crippen LogP contribution in [0.3, 0.4) is 0 Å².